The van der Waals surface area contributed by atoms with Crippen molar-refractivity contribution in [3.63, 3.8) is 0 Å². The number of nitrogens with one attached hydrogen (secondary N) is 1. The molecular weight excluding hydrogens is 244 g/mol. The van der Waals surface area contributed by atoms with Gasteiger partial charge in [-0.1, -0.05) is 37.3 Å². The van der Waals surface area contributed by atoms with Gasteiger partial charge in [-0.05, 0) is 12.0 Å². The number of methoxy groups -OCH3 is 1. The second-order valence-electron chi connectivity index (χ2n) is 4.29. The summed E-state index contributed by atoms with van der Waals surface area (Å²) in [6.45, 7) is 1.81. The number of ether oxygens (including phenoxy) is 1. The van der Waals surface area contributed by atoms with Crippen LogP contribution in [0.25, 0.3) is 0 Å². The molecule has 0 aliphatic carbocycles. The zero-order valence-corrected chi connectivity index (χ0v) is 11.3. The average Bonchev–Trinajstić information content (AvgIpc) is 2.45. The van der Waals surface area contributed by atoms with E-state index < -0.39 is 18.1 Å². The van der Waals surface area contributed by atoms with E-state index in [0.29, 0.717) is 12.8 Å². The number of esters is 1. The second-order valence-corrected chi connectivity index (χ2v) is 4.29. The van der Waals surface area contributed by atoms with Crippen LogP contribution in [0.5, 0.6) is 0 Å². The molecule has 3 N–H and O–H groups in total. The molecule has 0 bridgehead atoms. The van der Waals surface area contributed by atoms with Gasteiger partial charge in [-0.3, -0.25) is 4.79 Å². The Kier molecular flexibility index (Phi) is 6.02. The van der Waals surface area contributed by atoms with Crippen LogP contribution in [-0.2, 0) is 20.7 Å². The maximum absolute atomic E-state index is 11.8. The summed E-state index contributed by atoms with van der Waals surface area (Å²) in [5, 5.41) is 2.63. The molecule has 0 aliphatic rings. The summed E-state index contributed by atoms with van der Waals surface area (Å²) in [6, 6.07) is 8.11. The fourth-order valence-corrected chi connectivity index (χ4v) is 1.65. The largest absolute Gasteiger partial charge is 0.467 e. The highest BCUT2D eigenvalue weighted by atomic mass is 16.5. The molecule has 1 rings (SSSR count). The van der Waals surface area contributed by atoms with Crippen molar-refractivity contribution >= 4 is 11.9 Å². The molecule has 1 aromatic carbocycles. The predicted molar refractivity (Wildman–Crippen MR) is 72.4 cm³/mol. The van der Waals surface area contributed by atoms with Gasteiger partial charge in [0.1, 0.15) is 6.04 Å². The number of nitrogens with two attached hydrogens (primary N) is 1. The third-order valence-electron chi connectivity index (χ3n) is 2.86. The minimum atomic E-state index is -0.711. The summed E-state index contributed by atoms with van der Waals surface area (Å²) in [5.74, 6) is -0.811. The maximum atomic E-state index is 11.8. The normalized spacial score (nSPS) is 13.4. The molecule has 5 heteroatoms. The van der Waals surface area contributed by atoms with E-state index in [4.69, 9.17) is 10.5 Å². The molecule has 1 amide bonds. The Morgan fingerprint density at radius 1 is 1.32 bits per heavy atom. The van der Waals surface area contributed by atoms with Gasteiger partial charge in [0.2, 0.25) is 5.91 Å². The lowest BCUT2D eigenvalue weighted by atomic mass is 10.1. The standard InChI is InChI=1S/C14H20N2O3/c1-3-11(15)13(17)16-12(14(18)19-2)9-10-7-5-4-6-8-10/h4-8,11-12H,3,9,15H2,1-2H3,(H,16,17). The molecule has 0 saturated heterocycles. The summed E-state index contributed by atoms with van der Waals surface area (Å²) in [4.78, 5) is 23.4. The van der Waals surface area contributed by atoms with Gasteiger partial charge in [0.15, 0.2) is 0 Å². The first-order valence-corrected chi connectivity index (χ1v) is 6.26. The molecular formula is C14H20N2O3. The first-order chi connectivity index (χ1) is 9.08. The molecule has 19 heavy (non-hydrogen) atoms. The predicted octanol–water partition coefficient (Wildman–Crippen LogP) is 0.624. The van der Waals surface area contributed by atoms with Crippen LogP contribution in [0.1, 0.15) is 18.9 Å². The lowest BCUT2D eigenvalue weighted by Gasteiger charge is -2.18. The summed E-state index contributed by atoms with van der Waals surface area (Å²) < 4.78 is 4.70. The van der Waals surface area contributed by atoms with Crippen molar-refractivity contribution in [2.24, 2.45) is 5.73 Å². The zero-order valence-electron chi connectivity index (χ0n) is 11.3. The fourth-order valence-electron chi connectivity index (χ4n) is 1.65. The van der Waals surface area contributed by atoms with Crippen LogP contribution >= 0.6 is 0 Å². The van der Waals surface area contributed by atoms with E-state index >= 15 is 0 Å². The lowest BCUT2D eigenvalue weighted by molar-refractivity contribution is -0.145. The number of carbonyl (C=O) groups is 2. The quantitative estimate of drug-likeness (QED) is 0.738. The Balaban J connectivity index is 2.73. The number of benzene rings is 1. The minimum absolute atomic E-state index is 0.339. The van der Waals surface area contributed by atoms with Crippen LogP contribution in [-0.4, -0.2) is 31.1 Å². The van der Waals surface area contributed by atoms with Crippen molar-refractivity contribution in [1.82, 2.24) is 5.32 Å². The van der Waals surface area contributed by atoms with Crippen molar-refractivity contribution in [1.29, 1.82) is 0 Å². The monoisotopic (exact) mass is 264 g/mol. The van der Waals surface area contributed by atoms with Crippen molar-refractivity contribution in [3.05, 3.63) is 35.9 Å². The molecule has 104 valence electrons. The molecule has 5 nitrogen and oxygen atoms in total. The molecule has 0 aliphatic heterocycles. The molecule has 2 unspecified atom stereocenters. The third-order valence-corrected chi connectivity index (χ3v) is 2.86. The first kappa shape index (κ1) is 15.2. The van der Waals surface area contributed by atoms with Crippen LogP contribution in [0.3, 0.4) is 0 Å². The molecule has 0 saturated carbocycles. The Hall–Kier alpha value is -1.88. The van der Waals surface area contributed by atoms with Crippen molar-refractivity contribution < 1.29 is 14.3 Å². The SMILES string of the molecule is CCC(N)C(=O)NC(Cc1ccccc1)C(=O)OC. The number of rotatable bonds is 6. The van der Waals surface area contributed by atoms with Gasteiger partial charge in [0.25, 0.3) is 0 Å². The van der Waals surface area contributed by atoms with E-state index in [1.807, 2.05) is 37.3 Å². The van der Waals surface area contributed by atoms with Gasteiger partial charge in [0.05, 0.1) is 13.2 Å². The van der Waals surface area contributed by atoms with E-state index in [9.17, 15) is 9.59 Å². The van der Waals surface area contributed by atoms with Gasteiger partial charge in [0, 0.05) is 6.42 Å². The molecule has 0 aromatic heterocycles. The van der Waals surface area contributed by atoms with E-state index in [-0.39, 0.29) is 5.91 Å². The highest BCUT2D eigenvalue weighted by Gasteiger charge is 2.23. The Morgan fingerprint density at radius 3 is 2.47 bits per heavy atom. The Bertz CT molecular complexity index is 420. The van der Waals surface area contributed by atoms with Crippen LogP contribution in [0.2, 0.25) is 0 Å². The van der Waals surface area contributed by atoms with E-state index in [0.717, 1.165) is 5.56 Å². The molecule has 0 fully saturated rings. The van der Waals surface area contributed by atoms with Crippen molar-refractivity contribution in [2.45, 2.75) is 31.8 Å². The van der Waals surface area contributed by atoms with Crippen LogP contribution in [0.15, 0.2) is 30.3 Å². The Labute approximate surface area is 113 Å². The van der Waals surface area contributed by atoms with Gasteiger partial charge in [-0.15, -0.1) is 0 Å². The average molecular weight is 264 g/mol. The third kappa shape index (κ3) is 4.71. The number of carbonyl (C=O) groups excluding carboxylic acids is 2. The summed E-state index contributed by atoms with van der Waals surface area (Å²) in [6.07, 6.45) is 0.904. The summed E-state index contributed by atoms with van der Waals surface area (Å²) >= 11 is 0. The number of hydrogen-bond donors (Lipinski definition) is 2. The summed E-state index contributed by atoms with van der Waals surface area (Å²) in [5.41, 5.74) is 6.58. The van der Waals surface area contributed by atoms with Crippen LogP contribution < -0.4 is 11.1 Å². The van der Waals surface area contributed by atoms with E-state index in [2.05, 4.69) is 5.32 Å². The van der Waals surface area contributed by atoms with E-state index in [1.165, 1.54) is 7.11 Å². The van der Waals surface area contributed by atoms with Gasteiger partial charge in [-0.2, -0.15) is 0 Å². The number of amides is 1. The lowest BCUT2D eigenvalue weighted by Crippen LogP contribution is -2.49. The maximum Gasteiger partial charge on any atom is 0.328 e. The topological polar surface area (TPSA) is 81.4 Å². The van der Waals surface area contributed by atoms with Gasteiger partial charge in [-0.25, -0.2) is 4.79 Å². The van der Waals surface area contributed by atoms with E-state index in [1.54, 1.807) is 0 Å². The second kappa shape index (κ2) is 7.53. The smallest absolute Gasteiger partial charge is 0.328 e. The number of hydrogen-bond acceptors (Lipinski definition) is 4. The molecule has 2 atom stereocenters. The Morgan fingerprint density at radius 2 is 1.95 bits per heavy atom. The highest BCUT2D eigenvalue weighted by molar-refractivity contribution is 5.87. The molecule has 0 radical (unpaired) electrons. The van der Waals surface area contributed by atoms with Crippen molar-refractivity contribution in [2.75, 3.05) is 7.11 Å². The molecule has 1 aromatic rings. The fraction of sp³-hybridized carbons (Fsp3) is 0.429. The zero-order chi connectivity index (χ0) is 14.3. The molecule has 0 spiro atoms. The van der Waals surface area contributed by atoms with Gasteiger partial charge >= 0.3 is 5.97 Å². The van der Waals surface area contributed by atoms with Crippen LogP contribution in [0, 0.1) is 0 Å². The van der Waals surface area contributed by atoms with Crippen molar-refractivity contribution in [3.8, 4) is 0 Å². The van der Waals surface area contributed by atoms with Crippen LogP contribution in [0.4, 0.5) is 0 Å². The minimum Gasteiger partial charge on any atom is -0.467 e. The summed E-state index contributed by atoms with van der Waals surface area (Å²) in [7, 11) is 1.30. The highest BCUT2D eigenvalue weighted by Crippen LogP contribution is 2.05. The van der Waals surface area contributed by atoms with Gasteiger partial charge < -0.3 is 15.8 Å². The molecule has 0 heterocycles. The first-order valence-electron chi connectivity index (χ1n) is 6.26.